The van der Waals surface area contributed by atoms with Gasteiger partial charge in [-0.1, -0.05) is 49.4 Å². The molecule has 4 rings (SSSR count). The quantitative estimate of drug-likeness (QED) is 0.705. The number of fused-ring (bicyclic) bond motifs is 2. The summed E-state index contributed by atoms with van der Waals surface area (Å²) in [6.07, 6.45) is -0.244. The number of hydrogen-bond acceptors (Lipinski definition) is 4. The van der Waals surface area contributed by atoms with Crippen molar-refractivity contribution in [1.82, 2.24) is 0 Å². The number of carbonyl (C=O) groups is 2. The Morgan fingerprint density at radius 2 is 1.84 bits per heavy atom. The molecule has 2 aliphatic rings. The summed E-state index contributed by atoms with van der Waals surface area (Å²) in [4.78, 5) is 25.6. The van der Waals surface area contributed by atoms with Gasteiger partial charge in [-0.25, -0.2) is 4.48 Å². The Labute approximate surface area is 181 Å². The number of para-hydroxylation sites is 1. The number of aliphatic carboxylic acids is 1. The van der Waals surface area contributed by atoms with Gasteiger partial charge in [-0.15, -0.1) is 0 Å². The second-order valence-electron chi connectivity index (χ2n) is 8.65. The first-order valence-electron chi connectivity index (χ1n) is 10.5. The highest BCUT2D eigenvalue weighted by Crippen LogP contribution is 2.60. The summed E-state index contributed by atoms with van der Waals surface area (Å²) in [7, 11) is 1.55. The van der Waals surface area contributed by atoms with E-state index in [1.54, 1.807) is 13.2 Å². The predicted molar refractivity (Wildman–Crippen MR) is 113 cm³/mol. The number of benzene rings is 2. The van der Waals surface area contributed by atoms with E-state index in [0.717, 1.165) is 11.1 Å². The van der Waals surface area contributed by atoms with Gasteiger partial charge in [0.25, 0.3) is 0 Å². The van der Waals surface area contributed by atoms with Gasteiger partial charge >= 0.3 is 12.1 Å². The van der Waals surface area contributed by atoms with Crippen LogP contribution in [0.1, 0.15) is 30.9 Å². The van der Waals surface area contributed by atoms with Crippen LogP contribution < -0.4 is 9.47 Å². The molecule has 1 fully saturated rings. The molecular weight excluding hydrogens is 398 g/mol. The van der Waals surface area contributed by atoms with Crippen molar-refractivity contribution in [2.75, 3.05) is 26.8 Å². The fourth-order valence-corrected chi connectivity index (χ4v) is 5.84. The molecular formula is C24H28NO6+. The van der Waals surface area contributed by atoms with Crippen molar-refractivity contribution in [3.63, 3.8) is 0 Å². The van der Waals surface area contributed by atoms with Crippen LogP contribution in [-0.4, -0.2) is 53.6 Å². The van der Waals surface area contributed by atoms with Crippen molar-refractivity contribution < 1.29 is 33.8 Å². The van der Waals surface area contributed by atoms with Crippen molar-refractivity contribution in [2.45, 2.75) is 31.7 Å². The van der Waals surface area contributed by atoms with E-state index < -0.39 is 22.9 Å². The number of amides is 1. The summed E-state index contributed by atoms with van der Waals surface area (Å²) >= 11 is 0. The van der Waals surface area contributed by atoms with Gasteiger partial charge in [-0.05, 0) is 18.9 Å². The molecule has 0 aromatic heterocycles. The van der Waals surface area contributed by atoms with Crippen molar-refractivity contribution in [1.29, 1.82) is 0 Å². The first-order valence-corrected chi connectivity index (χ1v) is 10.5. The van der Waals surface area contributed by atoms with Crippen LogP contribution >= 0.6 is 0 Å². The lowest BCUT2D eigenvalue weighted by Crippen LogP contribution is -2.52. The maximum atomic E-state index is 12.9. The van der Waals surface area contributed by atoms with Gasteiger partial charge in [0.05, 0.1) is 19.1 Å². The van der Waals surface area contributed by atoms with Gasteiger partial charge in [0, 0.05) is 11.1 Å². The topological polar surface area (TPSA) is 93.1 Å². The number of rotatable bonds is 5. The average Bonchev–Trinajstić information content (AvgIpc) is 3.06. The van der Waals surface area contributed by atoms with E-state index in [1.807, 2.05) is 49.4 Å². The number of nitrogens with zero attached hydrogens (tertiary/aromatic N) is 1. The highest BCUT2D eigenvalue weighted by atomic mass is 16.5. The van der Waals surface area contributed by atoms with Crippen molar-refractivity contribution in [3.05, 3.63) is 59.7 Å². The monoisotopic (exact) mass is 426 g/mol. The number of likely N-dealkylation sites (tertiary alicyclic amines) is 1. The highest BCUT2D eigenvalue weighted by Gasteiger charge is 2.72. The van der Waals surface area contributed by atoms with Gasteiger partial charge < -0.3 is 19.7 Å². The normalized spacial score (nSPS) is 29.2. The van der Waals surface area contributed by atoms with E-state index in [0.29, 0.717) is 30.9 Å². The van der Waals surface area contributed by atoms with Gasteiger partial charge in [0.2, 0.25) is 0 Å². The summed E-state index contributed by atoms with van der Waals surface area (Å²) < 4.78 is 11.1. The Morgan fingerprint density at radius 1 is 1.10 bits per heavy atom. The lowest BCUT2D eigenvalue weighted by atomic mass is 9.58. The Bertz CT molecular complexity index is 1010. The molecule has 1 amide bonds. The SMILES string of the molecule is CC[C@@]1(C(=O)O)C[N+](Cc2ccccc2)(C(=O)O)C[C@@]12CCOc1c(OC)cccc12. The van der Waals surface area contributed by atoms with Crippen LogP contribution in [0.4, 0.5) is 4.79 Å². The lowest BCUT2D eigenvalue weighted by molar-refractivity contribution is -0.862. The van der Waals surface area contributed by atoms with Crippen LogP contribution in [0, 0.1) is 5.41 Å². The Morgan fingerprint density at radius 3 is 2.45 bits per heavy atom. The summed E-state index contributed by atoms with van der Waals surface area (Å²) in [5.74, 6) is 0.107. The van der Waals surface area contributed by atoms with Crippen molar-refractivity contribution >= 4 is 12.1 Å². The number of ether oxygens (including phenoxy) is 2. The fourth-order valence-electron chi connectivity index (χ4n) is 5.84. The van der Waals surface area contributed by atoms with E-state index in [9.17, 15) is 19.8 Å². The molecule has 2 aliphatic heterocycles. The average molecular weight is 426 g/mol. The molecule has 7 heteroatoms. The van der Waals surface area contributed by atoms with E-state index in [-0.39, 0.29) is 24.1 Å². The molecule has 2 aromatic carbocycles. The van der Waals surface area contributed by atoms with E-state index in [1.165, 1.54) is 0 Å². The third-order valence-electron chi connectivity index (χ3n) is 7.30. The predicted octanol–water partition coefficient (Wildman–Crippen LogP) is 3.91. The van der Waals surface area contributed by atoms with Crippen molar-refractivity contribution in [2.24, 2.45) is 5.41 Å². The molecule has 0 aliphatic carbocycles. The second kappa shape index (κ2) is 7.57. The summed E-state index contributed by atoms with van der Waals surface area (Å²) in [5.41, 5.74) is -0.527. The molecule has 7 nitrogen and oxygen atoms in total. The molecule has 2 N–H and O–H groups in total. The van der Waals surface area contributed by atoms with Crippen LogP contribution in [0.25, 0.3) is 0 Å². The molecule has 0 radical (unpaired) electrons. The highest BCUT2D eigenvalue weighted by molar-refractivity contribution is 5.80. The zero-order chi connectivity index (χ0) is 22.3. The molecule has 0 saturated carbocycles. The van der Waals surface area contributed by atoms with Gasteiger partial charge in [-0.2, -0.15) is 4.79 Å². The molecule has 1 spiro atoms. The molecule has 31 heavy (non-hydrogen) atoms. The Balaban J connectivity index is 1.94. The third-order valence-corrected chi connectivity index (χ3v) is 7.30. The van der Waals surface area contributed by atoms with Crippen LogP contribution in [-0.2, 0) is 16.8 Å². The van der Waals surface area contributed by atoms with Gasteiger partial charge in [0.1, 0.15) is 25.0 Å². The van der Waals surface area contributed by atoms with Crippen molar-refractivity contribution in [3.8, 4) is 11.5 Å². The smallest absolute Gasteiger partial charge is 0.493 e. The number of carboxylic acids is 1. The van der Waals surface area contributed by atoms with Crippen LogP contribution in [0.3, 0.4) is 0 Å². The summed E-state index contributed by atoms with van der Waals surface area (Å²) in [6, 6.07) is 14.9. The Kier molecular flexibility index (Phi) is 5.17. The minimum atomic E-state index is -1.24. The standard InChI is InChI=1S/C24H27NO6/c1-3-23(21(26)27)15-25(22(28)29,14-17-8-5-4-6-9-17)16-24(23)12-13-31-20-18(24)10-7-11-19(20)30-2/h4-11H,3,12-16H2,1-2H3,(H-,26,27,28,29)/p+1/t23-,24+,25?/m0/s1. The number of carboxylic acid groups (broad SMARTS) is 2. The molecule has 2 heterocycles. The lowest BCUT2D eigenvalue weighted by Gasteiger charge is -2.43. The van der Waals surface area contributed by atoms with E-state index >= 15 is 0 Å². The fraction of sp³-hybridized carbons (Fsp3) is 0.417. The maximum Gasteiger partial charge on any atom is 0.513 e. The first kappa shape index (κ1) is 21.2. The number of quaternary nitrogens is 1. The molecule has 1 saturated heterocycles. The zero-order valence-corrected chi connectivity index (χ0v) is 17.8. The third kappa shape index (κ3) is 2.98. The Hall–Kier alpha value is -3.06. The zero-order valence-electron chi connectivity index (χ0n) is 17.8. The second-order valence-corrected chi connectivity index (χ2v) is 8.65. The van der Waals surface area contributed by atoms with Gasteiger partial charge in [-0.3, -0.25) is 4.79 Å². The summed E-state index contributed by atoms with van der Waals surface area (Å²) in [5, 5.41) is 21.0. The molecule has 2 aromatic rings. The maximum absolute atomic E-state index is 12.9. The van der Waals surface area contributed by atoms with E-state index in [2.05, 4.69) is 0 Å². The number of hydrogen-bond donors (Lipinski definition) is 2. The first-order chi connectivity index (χ1) is 14.8. The number of methoxy groups -OCH3 is 1. The largest absolute Gasteiger partial charge is 0.513 e. The summed E-state index contributed by atoms with van der Waals surface area (Å²) in [6.45, 7) is 2.58. The molecule has 1 unspecified atom stereocenters. The molecule has 3 atom stereocenters. The molecule has 0 bridgehead atoms. The minimum absolute atomic E-state index is 0.0136. The minimum Gasteiger partial charge on any atom is -0.493 e. The van der Waals surface area contributed by atoms with Crippen LogP contribution in [0.15, 0.2) is 48.5 Å². The van der Waals surface area contributed by atoms with Crippen LogP contribution in [0.5, 0.6) is 11.5 Å². The van der Waals surface area contributed by atoms with Crippen LogP contribution in [0.2, 0.25) is 0 Å². The van der Waals surface area contributed by atoms with E-state index in [4.69, 9.17) is 9.47 Å². The van der Waals surface area contributed by atoms with Gasteiger partial charge in [0.15, 0.2) is 11.5 Å². The molecule has 164 valence electrons.